The van der Waals surface area contributed by atoms with Crippen molar-refractivity contribution in [3.05, 3.63) is 68.2 Å². The van der Waals surface area contributed by atoms with Gasteiger partial charge in [-0.25, -0.2) is 4.98 Å². The molecule has 0 spiro atoms. The third-order valence-corrected chi connectivity index (χ3v) is 4.74. The van der Waals surface area contributed by atoms with Crippen LogP contribution in [0, 0.1) is 3.57 Å². The fourth-order valence-corrected chi connectivity index (χ4v) is 3.03. The maximum absolute atomic E-state index is 12.4. The molecule has 7 heteroatoms. The molecule has 0 saturated heterocycles. The topological polar surface area (TPSA) is 60.5 Å². The first-order chi connectivity index (χ1) is 12.2. The van der Waals surface area contributed by atoms with Crippen LogP contribution in [-0.2, 0) is 6.61 Å². The summed E-state index contributed by atoms with van der Waals surface area (Å²) in [4.78, 5) is 16.6. The van der Waals surface area contributed by atoms with E-state index >= 15 is 0 Å². The molecule has 0 bridgehead atoms. The molecule has 1 heterocycles. The molecule has 0 aliphatic rings. The Hall–Kier alpha value is -2.13. The van der Waals surface area contributed by atoms with Crippen molar-refractivity contribution in [2.45, 2.75) is 6.61 Å². The zero-order chi connectivity index (χ0) is 17.6. The average Bonchev–Trinajstić information content (AvgIpc) is 3.15. The predicted octanol–water partition coefficient (Wildman–Crippen LogP) is 4.59. The Morgan fingerprint density at radius 3 is 2.68 bits per heavy atom. The molecule has 3 rings (SSSR count). The summed E-state index contributed by atoms with van der Waals surface area (Å²) in [6.07, 6.45) is 0. The number of nitrogens with zero attached hydrogens (tertiary/aromatic N) is 1. The lowest BCUT2D eigenvalue weighted by Crippen LogP contribution is -2.12. The van der Waals surface area contributed by atoms with E-state index in [4.69, 9.17) is 9.47 Å². The van der Waals surface area contributed by atoms with Crippen molar-refractivity contribution >= 4 is 45.5 Å². The van der Waals surface area contributed by atoms with E-state index in [9.17, 15) is 4.79 Å². The number of nitrogens with one attached hydrogen (secondary N) is 1. The minimum Gasteiger partial charge on any atom is -0.493 e. The number of amides is 1. The summed E-state index contributed by atoms with van der Waals surface area (Å²) in [5.74, 6) is 0.873. The van der Waals surface area contributed by atoms with E-state index in [0.29, 0.717) is 23.7 Å². The first-order valence-corrected chi connectivity index (χ1v) is 9.42. The van der Waals surface area contributed by atoms with Crippen molar-refractivity contribution in [3.8, 4) is 11.5 Å². The number of thiazole rings is 1. The van der Waals surface area contributed by atoms with Crippen LogP contribution in [0.25, 0.3) is 0 Å². The second-order valence-electron chi connectivity index (χ2n) is 5.10. The lowest BCUT2D eigenvalue weighted by molar-refractivity contribution is 0.102. The molecule has 0 fully saturated rings. The number of aromatic nitrogens is 1. The van der Waals surface area contributed by atoms with Gasteiger partial charge in [-0.15, -0.1) is 11.3 Å². The van der Waals surface area contributed by atoms with Gasteiger partial charge >= 0.3 is 0 Å². The summed E-state index contributed by atoms with van der Waals surface area (Å²) >= 11 is 3.74. The van der Waals surface area contributed by atoms with Crippen molar-refractivity contribution in [1.82, 2.24) is 4.98 Å². The van der Waals surface area contributed by atoms with Gasteiger partial charge in [0.25, 0.3) is 5.91 Å². The molecule has 0 radical (unpaired) electrons. The lowest BCUT2D eigenvalue weighted by Gasteiger charge is -2.12. The number of rotatable bonds is 6. The van der Waals surface area contributed by atoms with E-state index in [2.05, 4.69) is 32.9 Å². The molecule has 1 N–H and O–H groups in total. The smallest absolute Gasteiger partial charge is 0.255 e. The molecule has 0 aliphatic carbocycles. The summed E-state index contributed by atoms with van der Waals surface area (Å²) in [7, 11) is 1.55. The number of carbonyl (C=O) groups is 1. The van der Waals surface area contributed by atoms with Crippen LogP contribution in [0.15, 0.2) is 53.4 Å². The molecule has 5 nitrogen and oxygen atoms in total. The van der Waals surface area contributed by atoms with Crippen LogP contribution in [0.5, 0.6) is 11.5 Å². The Kier molecular flexibility index (Phi) is 5.87. The zero-order valence-corrected chi connectivity index (χ0v) is 16.3. The standard InChI is InChI=1S/C18H15IN2O3S/c1-23-17-8-12(18(22)21-14-5-3-13(19)4-6-14)2-7-16(17)24-9-15-10-25-11-20-15/h2-8,10-11H,9H2,1H3,(H,21,22). The molecule has 1 aromatic heterocycles. The van der Waals surface area contributed by atoms with Crippen LogP contribution in [-0.4, -0.2) is 18.0 Å². The van der Waals surface area contributed by atoms with Crippen molar-refractivity contribution in [1.29, 1.82) is 0 Å². The van der Waals surface area contributed by atoms with Crippen LogP contribution < -0.4 is 14.8 Å². The second-order valence-corrected chi connectivity index (χ2v) is 7.06. The van der Waals surface area contributed by atoms with Gasteiger partial charge in [0.1, 0.15) is 6.61 Å². The van der Waals surface area contributed by atoms with Gasteiger partial charge in [-0.3, -0.25) is 4.79 Å². The van der Waals surface area contributed by atoms with E-state index in [-0.39, 0.29) is 5.91 Å². The largest absolute Gasteiger partial charge is 0.493 e. The molecule has 0 saturated carbocycles. The van der Waals surface area contributed by atoms with E-state index in [1.54, 1.807) is 30.8 Å². The molecule has 2 aromatic carbocycles. The molecule has 0 atom stereocenters. The zero-order valence-electron chi connectivity index (χ0n) is 13.4. The fourth-order valence-electron chi connectivity index (χ4n) is 2.13. The minimum absolute atomic E-state index is 0.203. The van der Waals surface area contributed by atoms with E-state index in [1.807, 2.05) is 29.6 Å². The number of carbonyl (C=O) groups excluding carboxylic acids is 1. The van der Waals surface area contributed by atoms with Crippen molar-refractivity contribution < 1.29 is 14.3 Å². The highest BCUT2D eigenvalue weighted by Crippen LogP contribution is 2.29. The van der Waals surface area contributed by atoms with Gasteiger partial charge in [0.15, 0.2) is 11.5 Å². The summed E-state index contributed by atoms with van der Waals surface area (Å²) in [5, 5.41) is 4.79. The molecule has 0 aliphatic heterocycles. The highest BCUT2D eigenvalue weighted by molar-refractivity contribution is 14.1. The monoisotopic (exact) mass is 466 g/mol. The molecule has 25 heavy (non-hydrogen) atoms. The van der Waals surface area contributed by atoms with Crippen LogP contribution in [0.1, 0.15) is 16.1 Å². The molecule has 0 unspecified atom stereocenters. The molecular weight excluding hydrogens is 451 g/mol. The van der Waals surface area contributed by atoms with Crippen LogP contribution in [0.3, 0.4) is 0 Å². The maximum Gasteiger partial charge on any atom is 0.255 e. The van der Waals surface area contributed by atoms with Crippen molar-refractivity contribution in [3.63, 3.8) is 0 Å². The van der Waals surface area contributed by atoms with Crippen molar-refractivity contribution in [2.24, 2.45) is 0 Å². The summed E-state index contributed by atoms with van der Waals surface area (Å²) in [6.45, 7) is 0.355. The highest BCUT2D eigenvalue weighted by Gasteiger charge is 2.12. The highest BCUT2D eigenvalue weighted by atomic mass is 127. The Bertz CT molecular complexity index is 851. The molecule has 128 valence electrons. The number of hydrogen-bond donors (Lipinski definition) is 1. The Morgan fingerprint density at radius 2 is 2.00 bits per heavy atom. The molecule has 1 amide bonds. The number of ether oxygens (including phenoxy) is 2. The first kappa shape index (κ1) is 17.7. The maximum atomic E-state index is 12.4. The SMILES string of the molecule is COc1cc(C(=O)Nc2ccc(I)cc2)ccc1OCc1cscn1. The Morgan fingerprint density at radius 1 is 1.20 bits per heavy atom. The molecule has 3 aromatic rings. The van der Waals surface area contributed by atoms with Gasteiger partial charge in [0.2, 0.25) is 0 Å². The fraction of sp³-hybridized carbons (Fsp3) is 0.111. The number of halogens is 1. The lowest BCUT2D eigenvalue weighted by atomic mass is 10.2. The average molecular weight is 466 g/mol. The summed E-state index contributed by atoms with van der Waals surface area (Å²) in [5.41, 5.74) is 3.85. The number of anilines is 1. The summed E-state index contributed by atoms with van der Waals surface area (Å²) < 4.78 is 12.2. The van der Waals surface area contributed by atoms with Crippen LogP contribution >= 0.6 is 33.9 Å². The quantitative estimate of drug-likeness (QED) is 0.540. The second kappa shape index (κ2) is 8.30. The third-order valence-electron chi connectivity index (χ3n) is 3.39. The molecular formula is C18H15IN2O3S. The van der Waals surface area contributed by atoms with E-state index in [0.717, 1.165) is 15.0 Å². The van der Waals surface area contributed by atoms with Crippen LogP contribution in [0.2, 0.25) is 0 Å². The first-order valence-electron chi connectivity index (χ1n) is 7.40. The van der Waals surface area contributed by atoms with E-state index in [1.165, 1.54) is 11.3 Å². The Labute approximate surface area is 163 Å². The van der Waals surface area contributed by atoms with Crippen LogP contribution in [0.4, 0.5) is 5.69 Å². The number of methoxy groups -OCH3 is 1. The van der Waals surface area contributed by atoms with Gasteiger partial charge in [0.05, 0.1) is 18.3 Å². The van der Waals surface area contributed by atoms with Gasteiger partial charge in [-0.05, 0) is 65.1 Å². The normalized spacial score (nSPS) is 10.3. The van der Waals surface area contributed by atoms with Gasteiger partial charge in [0, 0.05) is 20.2 Å². The summed E-state index contributed by atoms with van der Waals surface area (Å²) in [6, 6.07) is 12.7. The number of benzene rings is 2. The predicted molar refractivity (Wildman–Crippen MR) is 107 cm³/mol. The van der Waals surface area contributed by atoms with Gasteiger partial charge in [-0.1, -0.05) is 0 Å². The third kappa shape index (κ3) is 4.70. The van der Waals surface area contributed by atoms with E-state index < -0.39 is 0 Å². The number of hydrogen-bond acceptors (Lipinski definition) is 5. The Balaban J connectivity index is 1.71. The minimum atomic E-state index is -0.203. The van der Waals surface area contributed by atoms with Crippen molar-refractivity contribution in [2.75, 3.05) is 12.4 Å². The van der Waals surface area contributed by atoms with Gasteiger partial charge in [-0.2, -0.15) is 0 Å². The van der Waals surface area contributed by atoms with Gasteiger partial charge < -0.3 is 14.8 Å².